The van der Waals surface area contributed by atoms with Crippen molar-refractivity contribution in [3.63, 3.8) is 0 Å². The minimum Gasteiger partial charge on any atom is -0.419 e. The summed E-state index contributed by atoms with van der Waals surface area (Å²) in [5.74, 6) is 0.660. The van der Waals surface area contributed by atoms with E-state index in [4.69, 9.17) is 4.42 Å². The number of amides is 1. The second kappa shape index (κ2) is 7.67. The first-order valence-corrected chi connectivity index (χ1v) is 8.84. The van der Waals surface area contributed by atoms with Crippen molar-refractivity contribution in [2.75, 3.05) is 26.2 Å². The van der Waals surface area contributed by atoms with Gasteiger partial charge in [-0.1, -0.05) is 18.2 Å². The van der Waals surface area contributed by atoms with Crippen LogP contribution in [0, 0.1) is 5.82 Å². The number of aromatic nitrogens is 2. The largest absolute Gasteiger partial charge is 0.419 e. The highest BCUT2D eigenvalue weighted by molar-refractivity contribution is 5.94. The van der Waals surface area contributed by atoms with E-state index in [9.17, 15) is 9.18 Å². The topological polar surface area (TPSA) is 62.5 Å². The van der Waals surface area contributed by atoms with E-state index < -0.39 is 0 Å². The van der Waals surface area contributed by atoms with Crippen LogP contribution in [0.3, 0.4) is 0 Å². The van der Waals surface area contributed by atoms with Crippen LogP contribution in [0.2, 0.25) is 0 Å². The third-order valence-electron chi connectivity index (χ3n) is 4.60. The van der Waals surface area contributed by atoms with E-state index in [1.165, 1.54) is 24.3 Å². The highest BCUT2D eigenvalue weighted by Gasteiger charge is 2.23. The summed E-state index contributed by atoms with van der Waals surface area (Å²) in [7, 11) is 0. The third kappa shape index (κ3) is 4.03. The molecule has 6 nitrogen and oxygen atoms in total. The Bertz CT molecular complexity index is 903. The number of piperazine rings is 1. The van der Waals surface area contributed by atoms with E-state index in [-0.39, 0.29) is 11.7 Å². The van der Waals surface area contributed by atoms with Gasteiger partial charge in [0.1, 0.15) is 5.82 Å². The fourth-order valence-corrected chi connectivity index (χ4v) is 3.09. The number of halogens is 1. The third-order valence-corrected chi connectivity index (χ3v) is 4.60. The summed E-state index contributed by atoms with van der Waals surface area (Å²) in [5, 5.41) is 8.23. The molecule has 138 valence electrons. The van der Waals surface area contributed by atoms with Gasteiger partial charge in [0, 0.05) is 37.3 Å². The molecule has 1 amide bonds. The molecule has 2 heterocycles. The fourth-order valence-electron chi connectivity index (χ4n) is 3.09. The number of nitrogens with zero attached hydrogens (tertiary/aromatic N) is 4. The monoisotopic (exact) mass is 366 g/mol. The van der Waals surface area contributed by atoms with Crippen LogP contribution in [-0.2, 0) is 6.54 Å². The van der Waals surface area contributed by atoms with Crippen molar-refractivity contribution < 1.29 is 13.6 Å². The van der Waals surface area contributed by atoms with Gasteiger partial charge in [0.15, 0.2) is 0 Å². The minimum absolute atomic E-state index is 0.0706. The average molecular weight is 366 g/mol. The molecule has 1 fully saturated rings. The molecule has 0 radical (unpaired) electrons. The fraction of sp³-hybridized carbons (Fsp3) is 0.250. The normalized spacial score (nSPS) is 15.1. The summed E-state index contributed by atoms with van der Waals surface area (Å²) in [4.78, 5) is 16.4. The molecular formula is C20H19FN4O2. The van der Waals surface area contributed by atoms with Gasteiger partial charge in [-0.25, -0.2) is 4.39 Å². The smallest absolute Gasteiger partial charge is 0.253 e. The Morgan fingerprint density at radius 1 is 0.963 bits per heavy atom. The molecule has 2 aromatic carbocycles. The molecule has 0 N–H and O–H groups in total. The number of rotatable bonds is 4. The average Bonchev–Trinajstić information content (AvgIpc) is 3.18. The maximum Gasteiger partial charge on any atom is 0.253 e. The van der Waals surface area contributed by atoms with Crippen molar-refractivity contribution >= 4 is 5.91 Å². The molecule has 4 rings (SSSR count). The van der Waals surface area contributed by atoms with Crippen LogP contribution in [0.4, 0.5) is 4.39 Å². The van der Waals surface area contributed by atoms with Gasteiger partial charge in [-0.2, -0.15) is 0 Å². The zero-order valence-electron chi connectivity index (χ0n) is 14.7. The molecule has 1 aliphatic heterocycles. The Morgan fingerprint density at radius 3 is 2.37 bits per heavy atom. The molecule has 0 saturated carbocycles. The van der Waals surface area contributed by atoms with Crippen LogP contribution in [-0.4, -0.2) is 52.1 Å². The Kier molecular flexibility index (Phi) is 4.93. The van der Waals surface area contributed by atoms with Crippen LogP contribution < -0.4 is 0 Å². The number of carbonyl (C=O) groups excluding carboxylic acids is 1. The van der Waals surface area contributed by atoms with E-state index in [2.05, 4.69) is 15.1 Å². The SMILES string of the molecule is O=C(c1ccc(F)cc1)N1CCN(Cc2nnc(-c3ccccc3)o2)CC1. The Balaban J connectivity index is 1.33. The molecule has 3 aromatic rings. The van der Waals surface area contributed by atoms with Gasteiger partial charge in [-0.05, 0) is 36.4 Å². The number of hydrogen-bond donors (Lipinski definition) is 0. The maximum atomic E-state index is 13.0. The lowest BCUT2D eigenvalue weighted by Crippen LogP contribution is -2.48. The van der Waals surface area contributed by atoms with E-state index in [1.807, 2.05) is 30.3 Å². The molecule has 1 saturated heterocycles. The lowest BCUT2D eigenvalue weighted by molar-refractivity contribution is 0.0618. The van der Waals surface area contributed by atoms with Crippen LogP contribution in [0.1, 0.15) is 16.2 Å². The van der Waals surface area contributed by atoms with E-state index in [1.54, 1.807) is 4.90 Å². The number of hydrogen-bond acceptors (Lipinski definition) is 5. The summed E-state index contributed by atoms with van der Waals surface area (Å²) in [6.07, 6.45) is 0. The summed E-state index contributed by atoms with van der Waals surface area (Å²) < 4.78 is 18.8. The molecule has 7 heteroatoms. The lowest BCUT2D eigenvalue weighted by Gasteiger charge is -2.34. The Morgan fingerprint density at radius 2 is 1.67 bits per heavy atom. The summed E-state index contributed by atoms with van der Waals surface area (Å²) in [5.41, 5.74) is 1.40. The molecule has 0 spiro atoms. The molecule has 1 aliphatic rings. The van der Waals surface area contributed by atoms with Gasteiger partial charge in [0.2, 0.25) is 11.8 Å². The standard InChI is InChI=1S/C20H19FN4O2/c21-17-8-6-16(7-9-17)20(26)25-12-10-24(11-13-25)14-18-22-23-19(27-18)15-4-2-1-3-5-15/h1-9H,10-14H2. The van der Waals surface area contributed by atoms with Gasteiger partial charge in [0.25, 0.3) is 5.91 Å². The molecular weight excluding hydrogens is 347 g/mol. The molecule has 27 heavy (non-hydrogen) atoms. The van der Waals surface area contributed by atoms with Crippen molar-refractivity contribution in [3.05, 3.63) is 71.9 Å². The predicted molar refractivity (Wildman–Crippen MR) is 97.3 cm³/mol. The van der Waals surface area contributed by atoms with Gasteiger partial charge in [-0.3, -0.25) is 9.69 Å². The molecule has 0 bridgehead atoms. The Labute approximate surface area is 156 Å². The van der Waals surface area contributed by atoms with Crippen LogP contribution in [0.25, 0.3) is 11.5 Å². The predicted octanol–water partition coefficient (Wildman–Crippen LogP) is 2.83. The van der Waals surface area contributed by atoms with Crippen LogP contribution >= 0.6 is 0 Å². The zero-order valence-corrected chi connectivity index (χ0v) is 14.7. The van der Waals surface area contributed by atoms with Crippen molar-refractivity contribution in [1.82, 2.24) is 20.0 Å². The van der Waals surface area contributed by atoms with Crippen LogP contribution in [0.5, 0.6) is 0 Å². The lowest BCUT2D eigenvalue weighted by atomic mass is 10.2. The molecule has 0 unspecified atom stereocenters. The first kappa shape index (κ1) is 17.4. The Hall–Kier alpha value is -3.06. The van der Waals surface area contributed by atoms with Crippen LogP contribution in [0.15, 0.2) is 59.0 Å². The minimum atomic E-state index is -0.342. The van der Waals surface area contributed by atoms with E-state index in [0.29, 0.717) is 37.0 Å². The maximum absolute atomic E-state index is 13.0. The highest BCUT2D eigenvalue weighted by Crippen LogP contribution is 2.18. The van der Waals surface area contributed by atoms with E-state index in [0.717, 1.165) is 18.7 Å². The highest BCUT2D eigenvalue weighted by atomic mass is 19.1. The van der Waals surface area contributed by atoms with Crippen molar-refractivity contribution in [3.8, 4) is 11.5 Å². The van der Waals surface area contributed by atoms with E-state index >= 15 is 0 Å². The second-order valence-electron chi connectivity index (χ2n) is 6.44. The first-order valence-electron chi connectivity index (χ1n) is 8.84. The van der Waals surface area contributed by atoms with Gasteiger partial charge in [-0.15, -0.1) is 10.2 Å². The summed E-state index contributed by atoms with van der Waals surface area (Å²) in [6.45, 7) is 3.20. The quantitative estimate of drug-likeness (QED) is 0.711. The van der Waals surface area contributed by atoms with Crippen molar-refractivity contribution in [2.45, 2.75) is 6.54 Å². The first-order chi connectivity index (χ1) is 13.2. The second-order valence-corrected chi connectivity index (χ2v) is 6.44. The number of benzene rings is 2. The molecule has 0 aliphatic carbocycles. The van der Waals surface area contributed by atoms with Gasteiger partial charge >= 0.3 is 0 Å². The van der Waals surface area contributed by atoms with Gasteiger partial charge < -0.3 is 9.32 Å². The van der Waals surface area contributed by atoms with Crippen molar-refractivity contribution in [1.29, 1.82) is 0 Å². The number of carbonyl (C=O) groups is 1. The van der Waals surface area contributed by atoms with Crippen molar-refractivity contribution in [2.24, 2.45) is 0 Å². The summed E-state index contributed by atoms with van der Waals surface area (Å²) in [6, 6.07) is 15.3. The zero-order chi connectivity index (χ0) is 18.6. The molecule has 0 atom stereocenters. The summed E-state index contributed by atoms with van der Waals surface area (Å²) >= 11 is 0. The molecule has 1 aromatic heterocycles. The van der Waals surface area contributed by atoms with Gasteiger partial charge in [0.05, 0.1) is 6.54 Å².